The van der Waals surface area contributed by atoms with Gasteiger partial charge in [0.1, 0.15) is 0 Å². The molecule has 1 heterocycles. The molecule has 5 rings (SSSR count). The summed E-state index contributed by atoms with van der Waals surface area (Å²) in [4.78, 5) is 0.276. The standard InChI is InChI=1S/C26H25ClN2O2S/c1-16-9-11-24(17(2)13-16)29-32(30,31)20-10-12-25-23(15-20)21-7-4-8-22(21)26(28-25)18-5-3-6-19(27)14-18/h3-7,9-15,21-22,26,28-29H,8H2,1-2H3. The Bertz CT molecular complexity index is 1330. The number of halogens is 1. The van der Waals surface area contributed by atoms with Crippen molar-refractivity contribution in [1.29, 1.82) is 0 Å². The van der Waals surface area contributed by atoms with Crippen LogP contribution in [0.1, 0.15) is 40.6 Å². The molecule has 32 heavy (non-hydrogen) atoms. The fraction of sp³-hybridized carbons (Fsp3) is 0.231. The highest BCUT2D eigenvalue weighted by Gasteiger charge is 2.38. The zero-order valence-corrected chi connectivity index (χ0v) is 19.5. The maximum absolute atomic E-state index is 13.2. The van der Waals surface area contributed by atoms with Crippen molar-refractivity contribution in [3.63, 3.8) is 0 Å². The van der Waals surface area contributed by atoms with Crippen LogP contribution in [0.5, 0.6) is 0 Å². The van der Waals surface area contributed by atoms with E-state index in [0.717, 1.165) is 39.4 Å². The molecular weight excluding hydrogens is 440 g/mol. The lowest BCUT2D eigenvalue weighted by Gasteiger charge is -2.37. The number of aryl methyl sites for hydroxylation is 2. The van der Waals surface area contributed by atoms with E-state index < -0.39 is 10.0 Å². The monoisotopic (exact) mass is 464 g/mol. The third-order valence-corrected chi connectivity index (χ3v) is 8.08. The van der Waals surface area contributed by atoms with Crippen molar-refractivity contribution >= 4 is 33.0 Å². The zero-order chi connectivity index (χ0) is 22.5. The lowest BCUT2D eigenvalue weighted by atomic mass is 9.77. The first-order chi connectivity index (χ1) is 15.3. The topological polar surface area (TPSA) is 58.2 Å². The second-order valence-electron chi connectivity index (χ2n) is 8.70. The molecule has 0 saturated carbocycles. The fourth-order valence-electron chi connectivity index (χ4n) is 4.90. The average molecular weight is 465 g/mol. The fourth-order valence-corrected chi connectivity index (χ4v) is 6.27. The highest BCUT2D eigenvalue weighted by atomic mass is 35.5. The number of rotatable bonds is 4. The highest BCUT2D eigenvalue weighted by molar-refractivity contribution is 7.92. The number of allylic oxidation sites excluding steroid dienone is 2. The Labute approximate surface area is 194 Å². The molecule has 0 bridgehead atoms. The van der Waals surface area contributed by atoms with Crippen molar-refractivity contribution in [3.05, 3.63) is 100 Å². The molecule has 164 valence electrons. The third kappa shape index (κ3) is 3.80. The molecule has 2 N–H and O–H groups in total. The van der Waals surface area contributed by atoms with E-state index >= 15 is 0 Å². The molecule has 0 amide bonds. The molecule has 3 unspecified atom stereocenters. The largest absolute Gasteiger partial charge is 0.378 e. The predicted octanol–water partition coefficient (Wildman–Crippen LogP) is 6.58. The SMILES string of the molecule is Cc1ccc(NS(=O)(=O)c2ccc3c(c2)C2C=CCC2C(c2cccc(Cl)c2)N3)c(C)c1. The maximum Gasteiger partial charge on any atom is 0.261 e. The summed E-state index contributed by atoms with van der Waals surface area (Å²) in [5.41, 5.74) is 5.73. The third-order valence-electron chi connectivity index (χ3n) is 6.48. The van der Waals surface area contributed by atoms with Gasteiger partial charge in [-0.15, -0.1) is 0 Å². The van der Waals surface area contributed by atoms with Crippen LogP contribution in [0, 0.1) is 19.8 Å². The van der Waals surface area contributed by atoms with Gasteiger partial charge < -0.3 is 5.32 Å². The molecule has 0 radical (unpaired) electrons. The van der Waals surface area contributed by atoms with Crippen LogP contribution in [0.15, 0.2) is 77.7 Å². The minimum absolute atomic E-state index is 0.122. The van der Waals surface area contributed by atoms with E-state index in [-0.39, 0.29) is 16.9 Å². The molecule has 0 spiro atoms. The Morgan fingerprint density at radius 2 is 1.88 bits per heavy atom. The van der Waals surface area contributed by atoms with Crippen LogP contribution in [0.4, 0.5) is 11.4 Å². The van der Waals surface area contributed by atoms with Crippen LogP contribution in [0.3, 0.4) is 0 Å². The second kappa shape index (κ2) is 7.98. The molecule has 3 atom stereocenters. The Balaban J connectivity index is 1.49. The van der Waals surface area contributed by atoms with Gasteiger partial charge in [-0.05, 0) is 79.3 Å². The molecule has 6 heteroatoms. The van der Waals surface area contributed by atoms with Gasteiger partial charge in [0.25, 0.3) is 10.0 Å². The van der Waals surface area contributed by atoms with Crippen LogP contribution in [-0.2, 0) is 10.0 Å². The summed E-state index contributed by atoms with van der Waals surface area (Å²) >= 11 is 6.25. The highest BCUT2D eigenvalue weighted by Crippen LogP contribution is 2.50. The quantitative estimate of drug-likeness (QED) is 0.428. The van der Waals surface area contributed by atoms with E-state index in [1.807, 2.05) is 62.4 Å². The average Bonchev–Trinajstić information content (AvgIpc) is 3.25. The Morgan fingerprint density at radius 1 is 1.03 bits per heavy atom. The lowest BCUT2D eigenvalue weighted by Crippen LogP contribution is -2.29. The van der Waals surface area contributed by atoms with Crippen molar-refractivity contribution < 1.29 is 8.42 Å². The number of nitrogens with one attached hydrogen (secondary N) is 2. The number of hydrogen-bond acceptors (Lipinski definition) is 3. The minimum Gasteiger partial charge on any atom is -0.378 e. The van der Waals surface area contributed by atoms with E-state index in [1.54, 1.807) is 6.07 Å². The van der Waals surface area contributed by atoms with Crippen LogP contribution in [0.25, 0.3) is 0 Å². The van der Waals surface area contributed by atoms with Crippen molar-refractivity contribution in [2.45, 2.75) is 37.1 Å². The van der Waals surface area contributed by atoms with Gasteiger partial charge in [0.2, 0.25) is 0 Å². The lowest BCUT2D eigenvalue weighted by molar-refractivity contribution is 0.425. The second-order valence-corrected chi connectivity index (χ2v) is 10.8. The van der Waals surface area contributed by atoms with Gasteiger partial charge in [-0.25, -0.2) is 8.42 Å². The van der Waals surface area contributed by atoms with Crippen molar-refractivity contribution in [3.8, 4) is 0 Å². The first-order valence-electron chi connectivity index (χ1n) is 10.7. The van der Waals surface area contributed by atoms with Crippen molar-refractivity contribution in [2.75, 3.05) is 10.0 Å². The smallest absolute Gasteiger partial charge is 0.261 e. The van der Waals surface area contributed by atoms with Gasteiger partial charge in [-0.3, -0.25) is 4.72 Å². The molecule has 3 aromatic carbocycles. The number of fused-ring (bicyclic) bond motifs is 3. The molecule has 1 aliphatic heterocycles. The summed E-state index contributed by atoms with van der Waals surface area (Å²) in [5, 5.41) is 4.36. The van der Waals surface area contributed by atoms with Gasteiger partial charge in [-0.2, -0.15) is 0 Å². The summed E-state index contributed by atoms with van der Waals surface area (Å²) in [6, 6.07) is 19.1. The summed E-state index contributed by atoms with van der Waals surface area (Å²) < 4.78 is 29.1. The van der Waals surface area contributed by atoms with E-state index in [4.69, 9.17) is 11.6 Å². The van der Waals surface area contributed by atoms with E-state index in [1.165, 1.54) is 0 Å². The Kier molecular flexibility index (Phi) is 5.26. The number of benzene rings is 3. The van der Waals surface area contributed by atoms with Crippen LogP contribution >= 0.6 is 11.6 Å². The van der Waals surface area contributed by atoms with Gasteiger partial charge >= 0.3 is 0 Å². The van der Waals surface area contributed by atoms with E-state index in [2.05, 4.69) is 28.3 Å². The number of anilines is 2. The number of sulfonamides is 1. The molecule has 0 saturated heterocycles. The van der Waals surface area contributed by atoms with Gasteiger partial charge in [0.15, 0.2) is 0 Å². The summed E-state index contributed by atoms with van der Waals surface area (Å²) in [6.07, 6.45) is 5.33. The molecule has 4 nitrogen and oxygen atoms in total. The molecule has 0 fully saturated rings. The van der Waals surface area contributed by atoms with Crippen LogP contribution in [0.2, 0.25) is 5.02 Å². The maximum atomic E-state index is 13.2. The summed E-state index contributed by atoms with van der Waals surface area (Å²) in [7, 11) is -3.70. The zero-order valence-electron chi connectivity index (χ0n) is 18.0. The normalized spacial score (nSPS) is 21.5. The van der Waals surface area contributed by atoms with E-state index in [0.29, 0.717) is 11.6 Å². The molecule has 3 aromatic rings. The first-order valence-corrected chi connectivity index (χ1v) is 12.6. The van der Waals surface area contributed by atoms with Crippen molar-refractivity contribution in [2.24, 2.45) is 5.92 Å². The number of hydrogen-bond donors (Lipinski definition) is 2. The van der Waals surface area contributed by atoms with Crippen LogP contribution in [-0.4, -0.2) is 8.42 Å². The molecular formula is C26H25ClN2O2S. The minimum atomic E-state index is -3.70. The Hall–Kier alpha value is -2.76. The summed E-state index contributed by atoms with van der Waals surface area (Å²) in [6.45, 7) is 3.90. The van der Waals surface area contributed by atoms with Gasteiger partial charge in [0, 0.05) is 16.6 Å². The van der Waals surface area contributed by atoms with Crippen molar-refractivity contribution in [1.82, 2.24) is 0 Å². The van der Waals surface area contributed by atoms with E-state index in [9.17, 15) is 8.42 Å². The van der Waals surface area contributed by atoms with Gasteiger partial charge in [-0.1, -0.05) is 53.6 Å². The molecule has 2 aliphatic rings. The first kappa shape index (κ1) is 21.1. The Morgan fingerprint density at radius 3 is 2.66 bits per heavy atom. The van der Waals surface area contributed by atoms with Gasteiger partial charge in [0.05, 0.1) is 16.6 Å². The predicted molar refractivity (Wildman–Crippen MR) is 131 cm³/mol. The molecule has 1 aliphatic carbocycles. The molecule has 0 aromatic heterocycles. The van der Waals surface area contributed by atoms with Crippen LogP contribution < -0.4 is 10.0 Å². The summed E-state index contributed by atoms with van der Waals surface area (Å²) in [5.74, 6) is 0.470.